The van der Waals surface area contributed by atoms with E-state index in [1.165, 1.54) is 47.2 Å². The van der Waals surface area contributed by atoms with E-state index in [0.717, 1.165) is 77.7 Å². The van der Waals surface area contributed by atoms with Gasteiger partial charge in [-0.25, -0.2) is 4.99 Å². The smallest absolute Gasteiger partial charge is 0.266 e. The van der Waals surface area contributed by atoms with Crippen LogP contribution in [0.2, 0.25) is 0 Å². The highest BCUT2D eigenvalue weighted by atomic mass is 32.2. The first kappa shape index (κ1) is 31.5. The Morgan fingerprint density at radius 1 is 0.957 bits per heavy atom. The van der Waals surface area contributed by atoms with Gasteiger partial charge in [0.2, 0.25) is 0 Å². The van der Waals surface area contributed by atoms with E-state index in [2.05, 4.69) is 59.0 Å². The zero-order valence-corrected chi connectivity index (χ0v) is 29.0. The monoisotopic (exact) mass is 663 g/mol. The van der Waals surface area contributed by atoms with E-state index in [0.29, 0.717) is 16.6 Å². The van der Waals surface area contributed by atoms with Crippen LogP contribution in [0.1, 0.15) is 76.8 Å². The van der Waals surface area contributed by atoms with Crippen LogP contribution in [-0.2, 0) is 17.6 Å². The van der Waals surface area contributed by atoms with E-state index >= 15 is 0 Å². The third-order valence-electron chi connectivity index (χ3n) is 9.37. The number of aliphatic imine (C=N–C) groups is 1. The van der Waals surface area contributed by atoms with Crippen molar-refractivity contribution in [2.75, 3.05) is 29.9 Å². The number of thiophene rings is 1. The lowest BCUT2D eigenvalue weighted by atomic mass is 9.95. The second-order valence-electron chi connectivity index (χ2n) is 12.5. The fourth-order valence-electron chi connectivity index (χ4n) is 6.92. The number of thioether (sulfide) groups is 1. The fourth-order valence-corrected chi connectivity index (χ4v) is 9.47. The Kier molecular flexibility index (Phi) is 9.10. The highest BCUT2D eigenvalue weighted by Gasteiger charge is 2.33. The minimum absolute atomic E-state index is 0.0273. The van der Waals surface area contributed by atoms with Gasteiger partial charge in [-0.1, -0.05) is 18.2 Å². The molecule has 2 saturated heterocycles. The molecule has 7 rings (SSSR count). The zero-order valence-electron chi connectivity index (χ0n) is 27.3. The Bertz CT molecular complexity index is 1860. The van der Waals surface area contributed by atoms with Crippen molar-refractivity contribution < 1.29 is 9.59 Å². The topological polar surface area (TPSA) is 69.9 Å². The third-order valence-corrected chi connectivity index (χ3v) is 11.7. The molecule has 4 aromatic rings. The molecule has 2 aliphatic heterocycles. The molecular formula is C38H41N5O2S2. The number of nitrogens with one attached hydrogen (secondary N) is 1. The lowest BCUT2D eigenvalue weighted by Gasteiger charge is -2.28. The highest BCUT2D eigenvalue weighted by Crippen LogP contribution is 2.40. The van der Waals surface area contributed by atoms with Crippen molar-refractivity contribution in [3.8, 4) is 5.00 Å². The number of fused-ring (bicyclic) bond motifs is 1. The Hall–Kier alpha value is -4.08. The van der Waals surface area contributed by atoms with E-state index in [1.54, 1.807) is 16.2 Å². The molecule has 0 saturated carbocycles. The number of piperidine rings is 1. The van der Waals surface area contributed by atoms with Crippen molar-refractivity contribution in [2.45, 2.75) is 65.7 Å². The fraction of sp³-hybridized carbons (Fsp3) is 0.342. The standard InChI is InChI=1S/C38H41N5O2S2/c1-4-42-36(45)33(47-38(42)40-29-17-19-30(20-18-29)41-21-11-6-12-22-41)24-27-23-25(2)43(26(27)3)37-34(31-15-9-10-16-32(31)46-37)35(44)39-28-13-7-5-8-14-28/h5,7-8,13-14,17-20,23-24H,4,6,9-12,15-16,21-22H2,1-3H3,(H,39,44)/b33-24-,40-38?. The molecule has 3 aliphatic rings. The average molecular weight is 664 g/mol. The molecule has 0 bridgehead atoms. The first-order chi connectivity index (χ1) is 22.9. The molecule has 0 atom stereocenters. The molecule has 2 amide bonds. The average Bonchev–Trinajstić information content (AvgIpc) is 3.71. The first-order valence-corrected chi connectivity index (χ1v) is 18.4. The van der Waals surface area contributed by atoms with Gasteiger partial charge in [-0.15, -0.1) is 11.3 Å². The minimum Gasteiger partial charge on any atom is -0.372 e. The van der Waals surface area contributed by atoms with Gasteiger partial charge in [0.25, 0.3) is 11.8 Å². The number of carbonyl (C=O) groups is 2. The highest BCUT2D eigenvalue weighted by molar-refractivity contribution is 8.18. The second-order valence-corrected chi connectivity index (χ2v) is 14.6. The van der Waals surface area contributed by atoms with E-state index in [-0.39, 0.29) is 11.8 Å². The van der Waals surface area contributed by atoms with Crippen molar-refractivity contribution in [2.24, 2.45) is 4.99 Å². The molecule has 0 unspecified atom stereocenters. The molecule has 2 aromatic heterocycles. The number of para-hydroxylation sites is 1. The van der Waals surface area contributed by atoms with E-state index in [9.17, 15) is 9.59 Å². The van der Waals surface area contributed by atoms with Gasteiger partial charge in [0, 0.05) is 47.3 Å². The SMILES string of the molecule is CCN1C(=O)/C(=C/c2cc(C)n(-c3sc4c(c3C(=O)Nc3ccccc3)CCCC4)c2C)SC1=Nc1ccc(N2CCCCC2)cc1. The molecule has 9 heteroatoms. The first-order valence-electron chi connectivity index (χ1n) is 16.8. The van der Waals surface area contributed by atoms with Gasteiger partial charge in [0.15, 0.2) is 5.17 Å². The summed E-state index contributed by atoms with van der Waals surface area (Å²) in [7, 11) is 0. The number of aromatic nitrogens is 1. The van der Waals surface area contributed by atoms with Crippen LogP contribution in [0.3, 0.4) is 0 Å². The summed E-state index contributed by atoms with van der Waals surface area (Å²) >= 11 is 3.16. The van der Waals surface area contributed by atoms with Crippen LogP contribution in [0.25, 0.3) is 11.1 Å². The summed E-state index contributed by atoms with van der Waals surface area (Å²) in [6.07, 6.45) is 9.95. The molecule has 7 nitrogen and oxygen atoms in total. The molecule has 2 aromatic carbocycles. The molecular weight excluding hydrogens is 623 g/mol. The maximum Gasteiger partial charge on any atom is 0.266 e. The number of amidine groups is 1. The quantitative estimate of drug-likeness (QED) is 0.201. The summed E-state index contributed by atoms with van der Waals surface area (Å²) in [5, 5.41) is 4.81. The Labute approximate surface area is 285 Å². The predicted octanol–water partition coefficient (Wildman–Crippen LogP) is 8.90. The Balaban J connectivity index is 1.19. The molecule has 0 radical (unpaired) electrons. The van der Waals surface area contributed by atoms with Crippen LogP contribution in [0, 0.1) is 13.8 Å². The van der Waals surface area contributed by atoms with Crippen molar-refractivity contribution in [3.63, 3.8) is 0 Å². The van der Waals surface area contributed by atoms with Crippen molar-refractivity contribution in [3.05, 3.63) is 98.5 Å². The number of amides is 2. The third kappa shape index (κ3) is 6.31. The number of aryl methyl sites for hydroxylation is 2. The van der Waals surface area contributed by atoms with E-state index < -0.39 is 0 Å². The molecule has 47 heavy (non-hydrogen) atoms. The van der Waals surface area contributed by atoms with Crippen LogP contribution in [-0.4, -0.2) is 46.1 Å². The number of hydrogen-bond acceptors (Lipinski definition) is 6. The normalized spacial score (nSPS) is 18.3. The van der Waals surface area contributed by atoms with Crippen molar-refractivity contribution in [1.82, 2.24) is 9.47 Å². The van der Waals surface area contributed by atoms with Gasteiger partial charge in [0.1, 0.15) is 5.00 Å². The van der Waals surface area contributed by atoms with E-state index in [1.807, 2.05) is 43.3 Å². The van der Waals surface area contributed by atoms with Gasteiger partial charge in [-0.2, -0.15) is 0 Å². The van der Waals surface area contributed by atoms with Crippen LogP contribution in [0.4, 0.5) is 17.1 Å². The van der Waals surface area contributed by atoms with Crippen LogP contribution < -0.4 is 10.2 Å². The summed E-state index contributed by atoms with van der Waals surface area (Å²) in [6.45, 7) is 8.91. The second kappa shape index (κ2) is 13.6. The number of likely N-dealkylation sites (N-methyl/N-ethyl adjacent to an activating group) is 1. The summed E-state index contributed by atoms with van der Waals surface area (Å²) in [5.41, 5.74) is 7.85. The number of anilines is 2. The zero-order chi connectivity index (χ0) is 32.5. The van der Waals surface area contributed by atoms with E-state index in [4.69, 9.17) is 4.99 Å². The van der Waals surface area contributed by atoms with Crippen LogP contribution in [0.15, 0.2) is 70.6 Å². The summed E-state index contributed by atoms with van der Waals surface area (Å²) < 4.78 is 2.20. The molecule has 0 spiro atoms. The number of nitrogens with zero attached hydrogens (tertiary/aromatic N) is 4. The molecule has 4 heterocycles. The number of benzene rings is 2. The van der Waals surface area contributed by atoms with Gasteiger partial charge >= 0.3 is 0 Å². The van der Waals surface area contributed by atoms with Crippen molar-refractivity contribution >= 4 is 63.2 Å². The molecule has 1 aliphatic carbocycles. The maximum absolute atomic E-state index is 13.8. The maximum atomic E-state index is 13.8. The lowest BCUT2D eigenvalue weighted by molar-refractivity contribution is -0.122. The van der Waals surface area contributed by atoms with Gasteiger partial charge in [-0.3, -0.25) is 14.5 Å². The van der Waals surface area contributed by atoms with Crippen LogP contribution in [0.5, 0.6) is 0 Å². The summed E-state index contributed by atoms with van der Waals surface area (Å²) in [4.78, 5) is 38.5. The molecule has 1 N–H and O–H groups in total. The lowest BCUT2D eigenvalue weighted by Crippen LogP contribution is -2.29. The van der Waals surface area contributed by atoms with Gasteiger partial charge in [-0.05, 0) is 137 Å². The number of rotatable bonds is 7. The summed E-state index contributed by atoms with van der Waals surface area (Å²) in [5.74, 6) is -0.0940. The Morgan fingerprint density at radius 3 is 2.45 bits per heavy atom. The van der Waals surface area contributed by atoms with Crippen LogP contribution >= 0.6 is 23.1 Å². The molecule has 242 valence electrons. The van der Waals surface area contributed by atoms with Gasteiger partial charge in [0.05, 0.1) is 16.2 Å². The summed E-state index contributed by atoms with van der Waals surface area (Å²) in [6, 6.07) is 20.2. The largest absolute Gasteiger partial charge is 0.372 e. The Morgan fingerprint density at radius 2 is 1.70 bits per heavy atom. The van der Waals surface area contributed by atoms with Crippen molar-refractivity contribution in [1.29, 1.82) is 0 Å². The molecule has 2 fully saturated rings. The van der Waals surface area contributed by atoms with Gasteiger partial charge < -0.3 is 14.8 Å². The number of hydrogen-bond donors (Lipinski definition) is 1. The number of carbonyl (C=O) groups excluding carboxylic acids is 2. The minimum atomic E-state index is -0.0667. The predicted molar refractivity (Wildman–Crippen MR) is 197 cm³/mol.